The number of hydrogen-bond acceptors (Lipinski definition) is 4. The molecule has 6 heteroatoms. The first-order valence-electron chi connectivity index (χ1n) is 6.90. The van der Waals surface area contributed by atoms with E-state index >= 15 is 0 Å². The van der Waals surface area contributed by atoms with Gasteiger partial charge >= 0.3 is 0 Å². The summed E-state index contributed by atoms with van der Waals surface area (Å²) in [4.78, 5) is 21.7. The third-order valence-corrected chi connectivity index (χ3v) is 3.60. The van der Waals surface area contributed by atoms with E-state index in [-0.39, 0.29) is 17.3 Å². The van der Waals surface area contributed by atoms with Crippen LogP contribution in [-0.4, -0.2) is 9.85 Å². The Morgan fingerprint density at radius 2 is 1.14 bits per heavy atom. The second kappa shape index (κ2) is 6.34. The van der Waals surface area contributed by atoms with Crippen LogP contribution in [0.5, 0.6) is 0 Å². The molecule has 0 bridgehead atoms. The average Bonchev–Trinajstić information content (AvgIpc) is 2.47. The van der Waals surface area contributed by atoms with Crippen molar-refractivity contribution in [3.63, 3.8) is 0 Å². The fourth-order valence-electron chi connectivity index (χ4n) is 2.72. The Hall–Kier alpha value is -2.76. The second-order valence-corrected chi connectivity index (χ2v) is 5.35. The van der Waals surface area contributed by atoms with Crippen LogP contribution in [0.1, 0.15) is 30.9 Å². The van der Waals surface area contributed by atoms with Crippen LogP contribution in [0, 0.1) is 26.1 Å². The van der Waals surface area contributed by atoms with Crippen LogP contribution in [0.25, 0.3) is 0 Å². The first-order chi connectivity index (χ1) is 10.4. The van der Waals surface area contributed by atoms with Crippen molar-refractivity contribution in [2.24, 2.45) is 5.92 Å². The molecule has 0 N–H and O–H groups in total. The number of hydrogen-bond donors (Lipinski definition) is 0. The zero-order valence-electron chi connectivity index (χ0n) is 12.3. The zero-order chi connectivity index (χ0) is 16.3. The molecule has 0 amide bonds. The summed E-state index contributed by atoms with van der Waals surface area (Å²) in [6, 6.07) is 12.8. The van der Waals surface area contributed by atoms with Gasteiger partial charge < -0.3 is 0 Å². The van der Waals surface area contributed by atoms with E-state index in [9.17, 15) is 20.2 Å². The van der Waals surface area contributed by atoms with Crippen LogP contribution in [-0.2, 0) is 0 Å². The fraction of sp³-hybridized carbons (Fsp3) is 0.250. The summed E-state index contributed by atoms with van der Waals surface area (Å²) >= 11 is 0. The van der Waals surface area contributed by atoms with E-state index in [0.717, 1.165) is 0 Å². The lowest BCUT2D eigenvalue weighted by molar-refractivity contribution is -0.386. The molecule has 6 nitrogen and oxygen atoms in total. The van der Waals surface area contributed by atoms with Gasteiger partial charge in [-0.2, -0.15) is 0 Å². The quantitative estimate of drug-likeness (QED) is 0.608. The van der Waals surface area contributed by atoms with Crippen molar-refractivity contribution in [1.29, 1.82) is 0 Å². The highest BCUT2D eigenvalue weighted by molar-refractivity contribution is 5.52. The molecule has 0 heterocycles. The topological polar surface area (TPSA) is 86.3 Å². The van der Waals surface area contributed by atoms with Crippen molar-refractivity contribution in [3.8, 4) is 0 Å². The zero-order valence-corrected chi connectivity index (χ0v) is 12.3. The number of nitrogens with zero attached hydrogens (tertiary/aromatic N) is 2. The molecule has 114 valence electrons. The highest BCUT2D eigenvalue weighted by atomic mass is 16.6. The van der Waals surface area contributed by atoms with E-state index in [0.29, 0.717) is 11.1 Å². The maximum Gasteiger partial charge on any atom is 0.273 e. The first kappa shape index (κ1) is 15.6. The van der Waals surface area contributed by atoms with E-state index in [1.54, 1.807) is 36.4 Å². The van der Waals surface area contributed by atoms with E-state index in [4.69, 9.17) is 0 Å². The van der Waals surface area contributed by atoms with Gasteiger partial charge in [-0.15, -0.1) is 0 Å². The van der Waals surface area contributed by atoms with Gasteiger partial charge in [-0.25, -0.2) is 0 Å². The Morgan fingerprint density at radius 3 is 1.45 bits per heavy atom. The second-order valence-electron chi connectivity index (χ2n) is 5.35. The molecule has 0 fully saturated rings. The number of rotatable bonds is 5. The molecule has 2 aromatic carbocycles. The molecule has 0 spiro atoms. The van der Waals surface area contributed by atoms with Gasteiger partial charge in [0.1, 0.15) is 0 Å². The van der Waals surface area contributed by atoms with Crippen LogP contribution in [0.2, 0.25) is 0 Å². The van der Waals surface area contributed by atoms with Crippen molar-refractivity contribution in [3.05, 3.63) is 79.9 Å². The number of para-hydroxylation sites is 2. The van der Waals surface area contributed by atoms with Gasteiger partial charge in [0.25, 0.3) is 11.4 Å². The van der Waals surface area contributed by atoms with E-state index < -0.39 is 15.8 Å². The summed E-state index contributed by atoms with van der Waals surface area (Å²) in [5.74, 6) is -0.439. The minimum atomic E-state index is -0.445. The van der Waals surface area contributed by atoms with Crippen molar-refractivity contribution < 1.29 is 9.85 Å². The molecule has 0 saturated carbocycles. The van der Waals surface area contributed by atoms with Crippen LogP contribution >= 0.6 is 0 Å². The van der Waals surface area contributed by atoms with Gasteiger partial charge in [0.2, 0.25) is 0 Å². The van der Waals surface area contributed by atoms with E-state index in [1.807, 2.05) is 13.8 Å². The summed E-state index contributed by atoms with van der Waals surface area (Å²) in [5, 5.41) is 22.5. The summed E-state index contributed by atoms with van der Waals surface area (Å²) in [6.07, 6.45) is 0. The van der Waals surface area contributed by atoms with Gasteiger partial charge in [0.15, 0.2) is 0 Å². The molecule has 0 aromatic heterocycles. The van der Waals surface area contributed by atoms with E-state index in [2.05, 4.69) is 0 Å². The van der Waals surface area contributed by atoms with Gasteiger partial charge in [-0.05, 0) is 5.92 Å². The lowest BCUT2D eigenvalue weighted by Crippen LogP contribution is -2.12. The van der Waals surface area contributed by atoms with Crippen molar-refractivity contribution >= 4 is 11.4 Å². The predicted molar refractivity (Wildman–Crippen MR) is 82.9 cm³/mol. The molecule has 0 aliphatic carbocycles. The summed E-state index contributed by atoms with van der Waals surface area (Å²) < 4.78 is 0. The third-order valence-electron chi connectivity index (χ3n) is 3.60. The SMILES string of the molecule is CC(C)C(c1ccccc1[N+](=O)[O-])c1ccccc1[N+](=O)[O-]. The standard InChI is InChI=1S/C16H16N2O4/c1-11(2)16(12-7-3-5-9-14(12)17(19)20)13-8-4-6-10-15(13)18(21)22/h3-11,16H,1-2H3. The summed E-state index contributed by atoms with van der Waals surface area (Å²) in [7, 11) is 0. The van der Waals surface area contributed by atoms with Crippen LogP contribution in [0.3, 0.4) is 0 Å². The minimum absolute atomic E-state index is 0.0145. The van der Waals surface area contributed by atoms with Crippen LogP contribution in [0.15, 0.2) is 48.5 Å². The van der Waals surface area contributed by atoms with Gasteiger partial charge in [-0.3, -0.25) is 20.2 Å². The van der Waals surface area contributed by atoms with Crippen LogP contribution in [0.4, 0.5) is 11.4 Å². The Balaban J connectivity index is 2.68. The van der Waals surface area contributed by atoms with Crippen molar-refractivity contribution in [2.75, 3.05) is 0 Å². The molecule has 0 unspecified atom stereocenters. The molecule has 0 aliphatic rings. The lowest BCUT2D eigenvalue weighted by Gasteiger charge is -2.21. The Kier molecular flexibility index (Phi) is 4.50. The molecular formula is C16H16N2O4. The minimum Gasteiger partial charge on any atom is -0.258 e. The molecule has 0 saturated heterocycles. The Bertz CT molecular complexity index is 655. The molecule has 22 heavy (non-hydrogen) atoms. The lowest BCUT2D eigenvalue weighted by atomic mass is 9.81. The summed E-state index contributed by atoms with van der Waals surface area (Å²) in [6.45, 7) is 3.80. The molecular weight excluding hydrogens is 284 g/mol. The normalized spacial score (nSPS) is 10.9. The third kappa shape index (κ3) is 2.95. The smallest absolute Gasteiger partial charge is 0.258 e. The van der Waals surface area contributed by atoms with E-state index in [1.165, 1.54) is 12.1 Å². The molecule has 0 radical (unpaired) electrons. The highest BCUT2D eigenvalue weighted by Crippen LogP contribution is 2.40. The predicted octanol–water partition coefficient (Wildman–Crippen LogP) is 4.29. The first-order valence-corrected chi connectivity index (χ1v) is 6.90. The number of nitro groups is 2. The largest absolute Gasteiger partial charge is 0.273 e. The number of benzene rings is 2. The highest BCUT2D eigenvalue weighted by Gasteiger charge is 2.30. The maximum absolute atomic E-state index is 11.3. The van der Waals surface area contributed by atoms with Gasteiger partial charge in [-0.1, -0.05) is 50.2 Å². The Morgan fingerprint density at radius 1 is 0.773 bits per heavy atom. The molecule has 2 aromatic rings. The average molecular weight is 300 g/mol. The molecule has 0 atom stereocenters. The molecule has 0 aliphatic heterocycles. The number of nitro benzene ring substituents is 2. The maximum atomic E-state index is 11.3. The molecule has 2 rings (SSSR count). The van der Waals surface area contributed by atoms with Crippen molar-refractivity contribution in [1.82, 2.24) is 0 Å². The van der Waals surface area contributed by atoms with Gasteiger partial charge in [0.05, 0.1) is 9.85 Å². The van der Waals surface area contributed by atoms with Crippen LogP contribution < -0.4 is 0 Å². The summed E-state index contributed by atoms with van der Waals surface area (Å²) in [5.41, 5.74) is 0.965. The Labute approximate surface area is 127 Å². The fourth-order valence-corrected chi connectivity index (χ4v) is 2.72. The van der Waals surface area contributed by atoms with Crippen molar-refractivity contribution in [2.45, 2.75) is 19.8 Å². The monoisotopic (exact) mass is 300 g/mol. The van der Waals surface area contributed by atoms with Gasteiger partial charge in [0, 0.05) is 29.2 Å².